The van der Waals surface area contributed by atoms with Gasteiger partial charge in [-0.15, -0.1) is 0 Å². The van der Waals surface area contributed by atoms with Crippen LogP contribution in [0.4, 0.5) is 0 Å². The lowest BCUT2D eigenvalue weighted by Gasteiger charge is -2.45. The number of β-lactam (4-membered cyclic amide) rings is 1. The molecule has 0 aliphatic carbocycles. The minimum absolute atomic E-state index is 0.0923. The van der Waals surface area contributed by atoms with Gasteiger partial charge in [0.2, 0.25) is 11.6 Å². The molecule has 2 amide bonds. The highest BCUT2D eigenvalue weighted by Crippen LogP contribution is 2.27. The van der Waals surface area contributed by atoms with E-state index in [4.69, 9.17) is 9.29 Å². The normalized spacial score (nSPS) is 21.8. The summed E-state index contributed by atoms with van der Waals surface area (Å²) >= 11 is 0. The van der Waals surface area contributed by atoms with Gasteiger partial charge in [-0.3, -0.25) is 18.9 Å². The van der Waals surface area contributed by atoms with Crippen LogP contribution in [0.2, 0.25) is 0 Å². The Morgan fingerprint density at radius 1 is 1.33 bits per heavy atom. The molecule has 1 aliphatic rings. The average Bonchev–Trinajstić information content (AvgIpc) is 2.50. The first-order chi connectivity index (χ1) is 11.1. The van der Waals surface area contributed by atoms with E-state index in [0.717, 1.165) is 7.11 Å². The highest BCUT2D eigenvalue weighted by molar-refractivity contribution is 7.84. The molecule has 130 valence electrons. The SMILES string of the molecule is COC1(NC(=O)C(C(=O)O)c2ccccc2)CN(S(=O)(=O)O)C1=O. The second kappa shape index (κ2) is 6.19. The van der Waals surface area contributed by atoms with E-state index < -0.39 is 46.3 Å². The fourth-order valence-electron chi connectivity index (χ4n) is 2.26. The maximum Gasteiger partial charge on any atom is 0.362 e. The monoisotopic (exact) mass is 358 g/mol. The van der Waals surface area contributed by atoms with Gasteiger partial charge in [0.25, 0.3) is 5.91 Å². The van der Waals surface area contributed by atoms with E-state index in [-0.39, 0.29) is 9.87 Å². The Morgan fingerprint density at radius 2 is 1.92 bits per heavy atom. The Labute approximate surface area is 136 Å². The van der Waals surface area contributed by atoms with Gasteiger partial charge in [0.15, 0.2) is 5.92 Å². The zero-order chi connectivity index (χ0) is 18.1. The molecule has 0 saturated carbocycles. The lowest BCUT2D eigenvalue weighted by Crippen LogP contribution is -2.76. The van der Waals surface area contributed by atoms with Gasteiger partial charge in [-0.05, 0) is 5.56 Å². The van der Waals surface area contributed by atoms with E-state index in [1.807, 2.05) is 0 Å². The highest BCUT2D eigenvalue weighted by Gasteiger charge is 2.59. The van der Waals surface area contributed by atoms with E-state index in [2.05, 4.69) is 5.32 Å². The van der Waals surface area contributed by atoms with Crippen LogP contribution < -0.4 is 5.32 Å². The molecule has 2 rings (SSSR count). The third-order valence-electron chi connectivity index (χ3n) is 3.53. The zero-order valence-corrected chi connectivity index (χ0v) is 13.2. The molecule has 0 aromatic heterocycles. The first kappa shape index (κ1) is 17.8. The van der Waals surface area contributed by atoms with Crippen LogP contribution in [0.15, 0.2) is 30.3 Å². The van der Waals surface area contributed by atoms with E-state index >= 15 is 0 Å². The molecule has 0 bridgehead atoms. The van der Waals surface area contributed by atoms with Crippen molar-refractivity contribution in [3.63, 3.8) is 0 Å². The molecule has 1 aromatic carbocycles. The third-order valence-corrected chi connectivity index (χ3v) is 4.38. The van der Waals surface area contributed by atoms with Crippen molar-refractivity contribution in [3.8, 4) is 0 Å². The Morgan fingerprint density at radius 3 is 2.33 bits per heavy atom. The molecule has 24 heavy (non-hydrogen) atoms. The van der Waals surface area contributed by atoms with Crippen LogP contribution in [0.25, 0.3) is 0 Å². The minimum atomic E-state index is -4.78. The highest BCUT2D eigenvalue weighted by atomic mass is 32.2. The Bertz CT molecular complexity index is 778. The van der Waals surface area contributed by atoms with Crippen LogP contribution in [0, 0.1) is 0 Å². The average molecular weight is 358 g/mol. The van der Waals surface area contributed by atoms with E-state index in [9.17, 15) is 27.9 Å². The molecule has 10 nitrogen and oxygen atoms in total. The molecule has 1 saturated heterocycles. The number of ether oxygens (including phenoxy) is 1. The number of hydrogen-bond acceptors (Lipinski definition) is 6. The summed E-state index contributed by atoms with van der Waals surface area (Å²) in [5.41, 5.74) is -1.87. The van der Waals surface area contributed by atoms with Gasteiger partial charge in [-0.25, -0.2) is 4.31 Å². The van der Waals surface area contributed by atoms with Crippen molar-refractivity contribution in [1.82, 2.24) is 9.62 Å². The first-order valence-corrected chi connectivity index (χ1v) is 7.96. The summed E-state index contributed by atoms with van der Waals surface area (Å²) in [6, 6.07) is 7.56. The topological polar surface area (TPSA) is 150 Å². The van der Waals surface area contributed by atoms with Crippen molar-refractivity contribution in [2.24, 2.45) is 0 Å². The molecule has 2 atom stereocenters. The van der Waals surface area contributed by atoms with Gasteiger partial charge in [0.1, 0.15) is 0 Å². The molecule has 0 radical (unpaired) electrons. The fraction of sp³-hybridized carbons (Fsp3) is 0.308. The molecule has 1 heterocycles. The molecular formula is C13H14N2O8S. The van der Waals surface area contributed by atoms with Gasteiger partial charge in [0, 0.05) is 7.11 Å². The molecule has 3 N–H and O–H groups in total. The molecule has 1 aliphatic heterocycles. The first-order valence-electron chi connectivity index (χ1n) is 6.57. The van der Waals surface area contributed by atoms with E-state index in [0.29, 0.717) is 0 Å². The number of methoxy groups -OCH3 is 1. The zero-order valence-electron chi connectivity index (χ0n) is 12.4. The summed E-state index contributed by atoms with van der Waals surface area (Å²) in [5.74, 6) is -5.36. The molecule has 2 unspecified atom stereocenters. The molecule has 1 fully saturated rings. The van der Waals surface area contributed by atoms with Crippen LogP contribution in [0.1, 0.15) is 11.5 Å². The molecule has 0 spiro atoms. The number of hydrogen-bond donors (Lipinski definition) is 3. The van der Waals surface area contributed by atoms with Crippen LogP contribution in [0.3, 0.4) is 0 Å². The Balaban J connectivity index is 2.24. The standard InChI is InChI=1S/C13H14N2O8S/c1-23-13(7-15(12(13)19)24(20,21)22)14-10(16)9(11(17)18)8-5-3-2-4-6-8/h2-6,9H,7H2,1H3,(H,14,16)(H,17,18)(H,20,21,22). The van der Waals surface area contributed by atoms with Crippen molar-refractivity contribution in [2.45, 2.75) is 11.6 Å². The van der Waals surface area contributed by atoms with Crippen molar-refractivity contribution < 1.29 is 37.2 Å². The number of carboxylic acid groups (broad SMARTS) is 1. The van der Waals surface area contributed by atoms with Crippen LogP contribution in [0.5, 0.6) is 0 Å². The lowest BCUT2D eigenvalue weighted by molar-refractivity contribution is -0.181. The van der Waals surface area contributed by atoms with Crippen molar-refractivity contribution in [3.05, 3.63) is 35.9 Å². The number of aliphatic carboxylic acids is 1. The van der Waals surface area contributed by atoms with Crippen LogP contribution in [-0.4, -0.2) is 59.5 Å². The minimum Gasteiger partial charge on any atom is -0.480 e. The van der Waals surface area contributed by atoms with Gasteiger partial charge in [-0.1, -0.05) is 30.3 Å². The predicted molar refractivity (Wildman–Crippen MR) is 78.0 cm³/mol. The van der Waals surface area contributed by atoms with Gasteiger partial charge < -0.3 is 15.2 Å². The number of carboxylic acids is 1. The van der Waals surface area contributed by atoms with Crippen molar-refractivity contribution in [2.75, 3.05) is 13.7 Å². The maximum atomic E-state index is 12.3. The number of carbonyl (C=O) groups excluding carboxylic acids is 2. The largest absolute Gasteiger partial charge is 0.480 e. The maximum absolute atomic E-state index is 12.3. The van der Waals surface area contributed by atoms with E-state index in [1.165, 1.54) is 12.1 Å². The summed E-state index contributed by atoms with van der Waals surface area (Å²) in [4.78, 5) is 35.6. The Kier molecular flexibility index (Phi) is 4.60. The number of benzene rings is 1. The van der Waals surface area contributed by atoms with Crippen LogP contribution in [-0.2, 0) is 29.4 Å². The number of nitrogens with one attached hydrogen (secondary N) is 1. The molecule has 1 aromatic rings. The molecule has 11 heteroatoms. The van der Waals surface area contributed by atoms with Crippen LogP contribution >= 0.6 is 0 Å². The van der Waals surface area contributed by atoms with E-state index in [1.54, 1.807) is 18.2 Å². The number of nitrogens with zero attached hydrogens (tertiary/aromatic N) is 1. The Hall–Kier alpha value is -2.50. The summed E-state index contributed by atoms with van der Waals surface area (Å²) in [7, 11) is -3.75. The number of rotatable bonds is 6. The summed E-state index contributed by atoms with van der Waals surface area (Å²) < 4.78 is 35.8. The third kappa shape index (κ3) is 3.09. The second-order valence-electron chi connectivity index (χ2n) is 4.99. The number of carbonyl (C=O) groups is 3. The smallest absolute Gasteiger partial charge is 0.362 e. The summed E-state index contributed by atoms with van der Waals surface area (Å²) in [6.45, 7) is -0.673. The summed E-state index contributed by atoms with van der Waals surface area (Å²) in [5, 5.41) is 11.4. The summed E-state index contributed by atoms with van der Waals surface area (Å²) in [6.07, 6.45) is 0. The quantitative estimate of drug-likeness (QED) is 0.252. The van der Waals surface area contributed by atoms with Crippen molar-refractivity contribution in [1.29, 1.82) is 0 Å². The molecular weight excluding hydrogens is 344 g/mol. The van der Waals surface area contributed by atoms with Gasteiger partial charge >= 0.3 is 16.3 Å². The second-order valence-corrected chi connectivity index (χ2v) is 6.33. The predicted octanol–water partition coefficient (Wildman–Crippen LogP) is -1.04. The van der Waals surface area contributed by atoms with Crippen molar-refractivity contribution >= 4 is 28.1 Å². The number of amides is 2. The van der Waals surface area contributed by atoms with Gasteiger partial charge in [-0.2, -0.15) is 8.42 Å². The fourth-order valence-corrected chi connectivity index (χ4v) is 2.96. The van der Waals surface area contributed by atoms with Gasteiger partial charge in [0.05, 0.1) is 6.54 Å². The lowest BCUT2D eigenvalue weighted by atomic mass is 9.96.